The third kappa shape index (κ3) is 3.37. The van der Waals surface area contributed by atoms with E-state index in [2.05, 4.69) is 6.92 Å². The third-order valence-corrected chi connectivity index (χ3v) is 2.96. The average Bonchev–Trinajstić information content (AvgIpc) is 2.38. The molecule has 0 radical (unpaired) electrons. The number of anilines is 1. The van der Waals surface area contributed by atoms with Crippen LogP contribution >= 0.6 is 0 Å². The van der Waals surface area contributed by atoms with E-state index >= 15 is 0 Å². The van der Waals surface area contributed by atoms with Crippen molar-refractivity contribution in [2.45, 2.75) is 39.4 Å². The number of rotatable bonds is 6. The van der Waals surface area contributed by atoms with E-state index in [0.29, 0.717) is 20.0 Å². The second-order valence-corrected chi connectivity index (χ2v) is 4.54. The van der Waals surface area contributed by atoms with Gasteiger partial charge in [0, 0.05) is 23.4 Å². The number of ether oxygens (including phenoxy) is 3. The standard InChI is InChI=1S/C14H21NO3/c1-2-3-4-5-16-8-11-6-13(15)7-12-9-17-10-18-14(11)12/h6-7H,2-5,8-10,15H2,1H3. The van der Waals surface area contributed by atoms with Crippen LogP contribution in [0.25, 0.3) is 0 Å². The van der Waals surface area contributed by atoms with Crippen LogP contribution < -0.4 is 10.5 Å². The van der Waals surface area contributed by atoms with Gasteiger partial charge in [-0.1, -0.05) is 19.8 Å². The topological polar surface area (TPSA) is 53.7 Å². The van der Waals surface area contributed by atoms with Crippen molar-refractivity contribution in [3.05, 3.63) is 23.3 Å². The molecule has 18 heavy (non-hydrogen) atoms. The number of benzene rings is 1. The molecule has 0 unspecified atom stereocenters. The predicted octanol–water partition coefficient (Wildman–Crippen LogP) is 2.84. The molecule has 0 aliphatic carbocycles. The SMILES string of the molecule is CCCCCOCc1cc(N)cc2c1OCOC2. The maximum absolute atomic E-state index is 5.87. The molecule has 0 fully saturated rings. The minimum absolute atomic E-state index is 0.305. The molecule has 0 spiro atoms. The monoisotopic (exact) mass is 251 g/mol. The van der Waals surface area contributed by atoms with Gasteiger partial charge in [-0.25, -0.2) is 0 Å². The predicted molar refractivity (Wildman–Crippen MR) is 70.3 cm³/mol. The maximum Gasteiger partial charge on any atom is 0.189 e. The van der Waals surface area contributed by atoms with Gasteiger partial charge in [0.15, 0.2) is 6.79 Å². The van der Waals surface area contributed by atoms with Crippen molar-refractivity contribution < 1.29 is 14.2 Å². The summed E-state index contributed by atoms with van der Waals surface area (Å²) in [5, 5.41) is 0. The van der Waals surface area contributed by atoms with Crippen LogP contribution in [0.1, 0.15) is 37.3 Å². The molecule has 0 amide bonds. The fraction of sp³-hybridized carbons (Fsp3) is 0.571. The molecule has 1 aliphatic heterocycles. The Bertz CT molecular complexity index is 393. The zero-order chi connectivity index (χ0) is 12.8. The first-order chi connectivity index (χ1) is 8.81. The smallest absolute Gasteiger partial charge is 0.189 e. The summed E-state index contributed by atoms with van der Waals surface area (Å²) in [6.07, 6.45) is 3.52. The normalized spacial score (nSPS) is 14.1. The van der Waals surface area contributed by atoms with Gasteiger partial charge in [-0.2, -0.15) is 0 Å². The van der Waals surface area contributed by atoms with E-state index in [-0.39, 0.29) is 0 Å². The summed E-state index contributed by atoms with van der Waals surface area (Å²) in [7, 11) is 0. The minimum atomic E-state index is 0.305. The maximum atomic E-state index is 5.87. The largest absolute Gasteiger partial charge is 0.467 e. The summed E-state index contributed by atoms with van der Waals surface area (Å²) < 4.78 is 16.4. The Morgan fingerprint density at radius 3 is 3.06 bits per heavy atom. The first kappa shape index (κ1) is 13.2. The Morgan fingerprint density at radius 1 is 1.33 bits per heavy atom. The van der Waals surface area contributed by atoms with Crippen LogP contribution in [0.4, 0.5) is 5.69 Å². The molecule has 0 saturated heterocycles. The van der Waals surface area contributed by atoms with E-state index in [9.17, 15) is 0 Å². The van der Waals surface area contributed by atoms with E-state index < -0.39 is 0 Å². The average molecular weight is 251 g/mol. The summed E-state index contributed by atoms with van der Waals surface area (Å²) in [6, 6.07) is 3.82. The van der Waals surface area contributed by atoms with Crippen molar-refractivity contribution in [3.8, 4) is 5.75 Å². The van der Waals surface area contributed by atoms with Gasteiger partial charge in [0.05, 0.1) is 13.2 Å². The summed E-state index contributed by atoms with van der Waals surface area (Å²) in [5.41, 5.74) is 8.63. The van der Waals surface area contributed by atoms with Crippen LogP contribution in [0, 0.1) is 0 Å². The van der Waals surface area contributed by atoms with Gasteiger partial charge >= 0.3 is 0 Å². The second kappa shape index (κ2) is 6.61. The number of nitrogen functional groups attached to an aromatic ring is 1. The summed E-state index contributed by atoms with van der Waals surface area (Å²) in [4.78, 5) is 0. The van der Waals surface area contributed by atoms with Crippen molar-refractivity contribution in [1.82, 2.24) is 0 Å². The highest BCUT2D eigenvalue weighted by Crippen LogP contribution is 2.31. The van der Waals surface area contributed by atoms with Crippen molar-refractivity contribution >= 4 is 5.69 Å². The number of hydrogen-bond donors (Lipinski definition) is 1. The molecule has 1 heterocycles. The van der Waals surface area contributed by atoms with E-state index in [1.807, 2.05) is 12.1 Å². The Kier molecular flexibility index (Phi) is 4.84. The van der Waals surface area contributed by atoms with Gasteiger partial charge in [-0.3, -0.25) is 0 Å². The Balaban J connectivity index is 1.96. The fourth-order valence-corrected chi connectivity index (χ4v) is 2.07. The molecule has 4 heteroatoms. The lowest BCUT2D eigenvalue weighted by Gasteiger charge is -2.21. The van der Waals surface area contributed by atoms with Crippen molar-refractivity contribution in [1.29, 1.82) is 0 Å². The molecular weight excluding hydrogens is 230 g/mol. The molecule has 2 N–H and O–H groups in total. The third-order valence-electron chi connectivity index (χ3n) is 2.96. The van der Waals surface area contributed by atoms with Gasteiger partial charge in [-0.15, -0.1) is 0 Å². The quantitative estimate of drug-likeness (QED) is 0.624. The second-order valence-electron chi connectivity index (χ2n) is 4.54. The number of nitrogens with two attached hydrogens (primary N) is 1. The molecular formula is C14H21NO3. The van der Waals surface area contributed by atoms with Gasteiger partial charge in [0.25, 0.3) is 0 Å². The van der Waals surface area contributed by atoms with Crippen LogP contribution in [0.2, 0.25) is 0 Å². The summed E-state index contributed by atoms with van der Waals surface area (Å²) >= 11 is 0. The minimum Gasteiger partial charge on any atom is -0.467 e. The van der Waals surface area contributed by atoms with Crippen LogP contribution in [-0.4, -0.2) is 13.4 Å². The van der Waals surface area contributed by atoms with Crippen LogP contribution in [-0.2, 0) is 22.7 Å². The number of hydrogen-bond acceptors (Lipinski definition) is 4. The summed E-state index contributed by atoms with van der Waals surface area (Å²) in [6.45, 7) is 4.38. The first-order valence-corrected chi connectivity index (χ1v) is 6.51. The summed E-state index contributed by atoms with van der Waals surface area (Å²) in [5.74, 6) is 0.881. The highest BCUT2D eigenvalue weighted by atomic mass is 16.7. The number of fused-ring (bicyclic) bond motifs is 1. The van der Waals surface area contributed by atoms with E-state index in [1.165, 1.54) is 12.8 Å². The molecule has 0 atom stereocenters. The van der Waals surface area contributed by atoms with Crippen molar-refractivity contribution in [2.75, 3.05) is 19.1 Å². The van der Waals surface area contributed by atoms with E-state index in [1.54, 1.807) is 0 Å². The Labute approximate surface area is 108 Å². The zero-order valence-electron chi connectivity index (χ0n) is 10.9. The first-order valence-electron chi connectivity index (χ1n) is 6.51. The Morgan fingerprint density at radius 2 is 2.22 bits per heavy atom. The van der Waals surface area contributed by atoms with Crippen LogP contribution in [0.5, 0.6) is 5.75 Å². The van der Waals surface area contributed by atoms with Crippen molar-refractivity contribution in [3.63, 3.8) is 0 Å². The molecule has 2 rings (SSSR count). The zero-order valence-corrected chi connectivity index (χ0v) is 10.9. The van der Waals surface area contributed by atoms with Gasteiger partial charge < -0.3 is 19.9 Å². The van der Waals surface area contributed by atoms with Crippen LogP contribution in [0.15, 0.2) is 12.1 Å². The van der Waals surface area contributed by atoms with E-state index in [0.717, 1.165) is 35.6 Å². The van der Waals surface area contributed by atoms with Crippen molar-refractivity contribution in [2.24, 2.45) is 0 Å². The molecule has 0 bridgehead atoms. The van der Waals surface area contributed by atoms with Crippen LogP contribution in [0.3, 0.4) is 0 Å². The number of unbranched alkanes of at least 4 members (excludes halogenated alkanes) is 2. The molecule has 0 aromatic heterocycles. The molecule has 1 aromatic rings. The molecule has 0 saturated carbocycles. The molecule has 1 aromatic carbocycles. The molecule has 100 valence electrons. The fourth-order valence-electron chi connectivity index (χ4n) is 2.07. The lowest BCUT2D eigenvalue weighted by atomic mass is 10.1. The highest BCUT2D eigenvalue weighted by Gasteiger charge is 2.16. The highest BCUT2D eigenvalue weighted by molar-refractivity contribution is 5.53. The molecule has 4 nitrogen and oxygen atoms in total. The Hall–Kier alpha value is -1.26. The van der Waals surface area contributed by atoms with E-state index in [4.69, 9.17) is 19.9 Å². The van der Waals surface area contributed by atoms with Gasteiger partial charge in [0.1, 0.15) is 5.75 Å². The lowest BCUT2D eigenvalue weighted by molar-refractivity contribution is -0.0183. The lowest BCUT2D eigenvalue weighted by Crippen LogP contribution is -2.14. The molecule has 1 aliphatic rings. The van der Waals surface area contributed by atoms with Gasteiger partial charge in [-0.05, 0) is 18.6 Å². The van der Waals surface area contributed by atoms with Gasteiger partial charge in [0.2, 0.25) is 0 Å².